The normalized spacial score (nSPS) is 19.3. The molecule has 3 aromatic heterocycles. The summed E-state index contributed by atoms with van der Waals surface area (Å²) in [6.07, 6.45) is 8.28. The highest BCUT2D eigenvalue weighted by molar-refractivity contribution is 6.35. The maximum Gasteiger partial charge on any atom is 0.213 e. The molecular weight excluding hydrogens is 436 g/mol. The van der Waals surface area contributed by atoms with Crippen molar-refractivity contribution < 1.29 is 0 Å². The van der Waals surface area contributed by atoms with Crippen molar-refractivity contribution in [1.82, 2.24) is 19.4 Å². The topological polar surface area (TPSA) is 124 Å². The Labute approximate surface area is 196 Å². The van der Waals surface area contributed by atoms with Gasteiger partial charge in [-0.25, -0.2) is 9.97 Å². The first-order chi connectivity index (χ1) is 16.0. The van der Waals surface area contributed by atoms with Crippen LogP contribution in [0.5, 0.6) is 0 Å². The van der Waals surface area contributed by atoms with Gasteiger partial charge in [-0.15, -0.1) is 0 Å². The number of pyridine rings is 1. The van der Waals surface area contributed by atoms with Crippen molar-refractivity contribution in [3.05, 3.63) is 65.1 Å². The molecule has 168 valence electrons. The number of hydrogen-bond acceptors (Lipinski definition) is 7. The number of halogens is 1. The van der Waals surface area contributed by atoms with E-state index in [0.717, 1.165) is 38.3 Å². The molecule has 1 spiro atoms. The molecule has 0 saturated carbocycles. The summed E-state index contributed by atoms with van der Waals surface area (Å²) in [6, 6.07) is 10.4. The highest BCUT2D eigenvalue weighted by Crippen LogP contribution is 2.51. The number of hydrogen-bond donors (Lipinski definition) is 3. The van der Waals surface area contributed by atoms with E-state index in [1.165, 1.54) is 11.1 Å². The van der Waals surface area contributed by atoms with Crippen LogP contribution in [0, 0.1) is 5.41 Å². The second-order valence-corrected chi connectivity index (χ2v) is 9.43. The van der Waals surface area contributed by atoms with Crippen LogP contribution in [0.2, 0.25) is 5.02 Å². The minimum absolute atomic E-state index is 0.0730. The maximum absolute atomic E-state index is 6.75. The number of nitrogen functional groups attached to an aromatic ring is 2. The summed E-state index contributed by atoms with van der Waals surface area (Å²) >= 11 is 6.45. The minimum atomic E-state index is 0.0730. The van der Waals surface area contributed by atoms with Crippen molar-refractivity contribution in [2.45, 2.75) is 25.3 Å². The Morgan fingerprint density at radius 1 is 1.00 bits per heavy atom. The van der Waals surface area contributed by atoms with Gasteiger partial charge >= 0.3 is 0 Å². The Balaban J connectivity index is 1.34. The number of imidazole rings is 1. The van der Waals surface area contributed by atoms with Gasteiger partial charge in [0, 0.05) is 43.3 Å². The van der Waals surface area contributed by atoms with Crippen LogP contribution < -0.4 is 22.1 Å². The quantitative estimate of drug-likeness (QED) is 0.418. The number of nitrogens with two attached hydrogens (primary N) is 3. The van der Waals surface area contributed by atoms with Crippen LogP contribution in [0.1, 0.15) is 30.0 Å². The van der Waals surface area contributed by atoms with Gasteiger partial charge in [-0.05, 0) is 41.9 Å². The molecule has 1 fully saturated rings. The number of anilines is 3. The van der Waals surface area contributed by atoms with E-state index < -0.39 is 0 Å². The van der Waals surface area contributed by atoms with Gasteiger partial charge in [0.05, 0.1) is 10.6 Å². The van der Waals surface area contributed by atoms with Crippen molar-refractivity contribution in [2.24, 2.45) is 11.1 Å². The zero-order valence-corrected chi connectivity index (χ0v) is 18.8. The molecule has 0 unspecified atom stereocenters. The zero-order chi connectivity index (χ0) is 22.7. The first kappa shape index (κ1) is 20.3. The monoisotopic (exact) mass is 460 g/mol. The van der Waals surface area contributed by atoms with Crippen LogP contribution >= 0.6 is 11.6 Å². The van der Waals surface area contributed by atoms with E-state index >= 15 is 0 Å². The summed E-state index contributed by atoms with van der Waals surface area (Å²) < 4.78 is 1.97. The lowest BCUT2D eigenvalue weighted by atomic mass is 9.73. The molecule has 1 atom stereocenters. The summed E-state index contributed by atoms with van der Waals surface area (Å²) in [5.74, 6) is 1.39. The molecule has 4 aromatic rings. The lowest BCUT2D eigenvalue weighted by Gasteiger charge is -2.42. The van der Waals surface area contributed by atoms with Gasteiger partial charge < -0.3 is 22.1 Å². The number of fused-ring (bicyclic) bond motifs is 2. The Morgan fingerprint density at radius 2 is 1.79 bits per heavy atom. The predicted octanol–water partition coefficient (Wildman–Crippen LogP) is 3.45. The number of aromatic nitrogens is 4. The molecule has 6 rings (SSSR count). The number of nitrogens with zero attached hydrogens (tertiary/aromatic N) is 5. The summed E-state index contributed by atoms with van der Waals surface area (Å²) in [5.41, 5.74) is 23.9. The third kappa shape index (κ3) is 2.98. The molecule has 9 heteroatoms. The molecule has 33 heavy (non-hydrogen) atoms. The largest absolute Gasteiger partial charge is 0.383 e. The lowest BCUT2D eigenvalue weighted by molar-refractivity contribution is 0.187. The van der Waals surface area contributed by atoms with Gasteiger partial charge in [0.2, 0.25) is 5.95 Å². The third-order valence-electron chi connectivity index (χ3n) is 7.38. The Bertz CT molecular complexity index is 1370. The molecule has 4 heterocycles. The van der Waals surface area contributed by atoms with Crippen LogP contribution in [-0.2, 0) is 6.42 Å². The molecule has 1 aliphatic carbocycles. The summed E-state index contributed by atoms with van der Waals surface area (Å²) in [4.78, 5) is 15.7. The van der Waals surface area contributed by atoms with Gasteiger partial charge in [0.25, 0.3) is 0 Å². The van der Waals surface area contributed by atoms with Gasteiger partial charge in [0.1, 0.15) is 11.6 Å². The second kappa shape index (κ2) is 7.33. The summed E-state index contributed by atoms with van der Waals surface area (Å²) in [5, 5.41) is 0.346. The van der Waals surface area contributed by atoms with Crippen molar-refractivity contribution in [3.63, 3.8) is 0 Å². The van der Waals surface area contributed by atoms with E-state index in [2.05, 4.69) is 39.1 Å². The molecule has 6 N–H and O–H groups in total. The maximum atomic E-state index is 6.75. The molecule has 1 aromatic carbocycles. The first-order valence-corrected chi connectivity index (χ1v) is 11.5. The van der Waals surface area contributed by atoms with Gasteiger partial charge in [0.15, 0.2) is 5.65 Å². The van der Waals surface area contributed by atoms with Crippen molar-refractivity contribution >= 4 is 34.8 Å². The van der Waals surface area contributed by atoms with Crippen LogP contribution in [-0.4, -0.2) is 32.4 Å². The van der Waals surface area contributed by atoms with E-state index in [1.54, 1.807) is 18.5 Å². The highest BCUT2D eigenvalue weighted by Gasteiger charge is 2.46. The molecule has 2 aliphatic rings. The van der Waals surface area contributed by atoms with Crippen LogP contribution in [0.4, 0.5) is 17.6 Å². The Hall–Kier alpha value is -3.36. The van der Waals surface area contributed by atoms with Gasteiger partial charge in [-0.1, -0.05) is 35.9 Å². The fourth-order valence-corrected chi connectivity index (χ4v) is 5.78. The standard InChI is InChI=1S/C24H25ClN8/c25-18-16(5-8-29-21(18)28)17-20(27)31-23(33-12-9-30-22(17)33)32-10-6-24(7-11-32)13-14-3-1-2-4-15(14)19(24)26/h1-5,8-9,12,19H,6-7,10-11,13,26-27H2,(H2,28,29)/t19-/m1/s1. The van der Waals surface area contributed by atoms with E-state index in [4.69, 9.17) is 33.8 Å². The van der Waals surface area contributed by atoms with E-state index in [0.29, 0.717) is 27.6 Å². The van der Waals surface area contributed by atoms with E-state index in [9.17, 15) is 0 Å². The Kier molecular flexibility index (Phi) is 4.50. The number of benzene rings is 1. The number of piperidine rings is 1. The van der Waals surface area contributed by atoms with Crippen molar-refractivity contribution in [1.29, 1.82) is 0 Å². The number of rotatable bonds is 2. The third-order valence-corrected chi connectivity index (χ3v) is 7.77. The summed E-state index contributed by atoms with van der Waals surface area (Å²) in [6.45, 7) is 1.70. The molecule has 0 bridgehead atoms. The van der Waals surface area contributed by atoms with Crippen LogP contribution in [0.15, 0.2) is 48.9 Å². The van der Waals surface area contributed by atoms with E-state index in [1.807, 2.05) is 10.6 Å². The molecular formula is C24H25ClN8. The lowest BCUT2D eigenvalue weighted by Crippen LogP contribution is -2.45. The molecule has 1 aliphatic heterocycles. The predicted molar refractivity (Wildman–Crippen MR) is 131 cm³/mol. The average molecular weight is 461 g/mol. The fourth-order valence-electron chi connectivity index (χ4n) is 5.57. The zero-order valence-electron chi connectivity index (χ0n) is 18.1. The highest BCUT2D eigenvalue weighted by atomic mass is 35.5. The second-order valence-electron chi connectivity index (χ2n) is 9.05. The fraction of sp³-hybridized carbons (Fsp3) is 0.292. The smallest absolute Gasteiger partial charge is 0.213 e. The molecule has 1 saturated heterocycles. The SMILES string of the molecule is Nc1nccc(-c2c(N)nc(N3CCC4(CC3)Cc3ccccc3[C@H]4N)n3ccnc23)c1Cl. The van der Waals surface area contributed by atoms with Crippen molar-refractivity contribution in [3.8, 4) is 11.1 Å². The average Bonchev–Trinajstić information content (AvgIpc) is 3.40. The molecule has 0 radical (unpaired) electrons. The Morgan fingerprint density at radius 3 is 2.58 bits per heavy atom. The first-order valence-electron chi connectivity index (χ1n) is 11.1. The van der Waals surface area contributed by atoms with Gasteiger partial charge in [-0.3, -0.25) is 4.40 Å². The van der Waals surface area contributed by atoms with Crippen LogP contribution in [0.25, 0.3) is 16.8 Å². The van der Waals surface area contributed by atoms with Crippen LogP contribution in [0.3, 0.4) is 0 Å². The minimum Gasteiger partial charge on any atom is -0.383 e. The van der Waals surface area contributed by atoms with Crippen molar-refractivity contribution in [2.75, 3.05) is 29.5 Å². The molecule has 0 amide bonds. The van der Waals surface area contributed by atoms with Gasteiger partial charge in [-0.2, -0.15) is 4.98 Å². The molecule has 8 nitrogen and oxygen atoms in total. The van der Waals surface area contributed by atoms with E-state index in [-0.39, 0.29) is 17.3 Å². The summed E-state index contributed by atoms with van der Waals surface area (Å²) in [7, 11) is 0.